The summed E-state index contributed by atoms with van der Waals surface area (Å²) in [7, 11) is 4.06. The van der Waals surface area contributed by atoms with Gasteiger partial charge in [-0.05, 0) is 24.6 Å². The van der Waals surface area contributed by atoms with E-state index in [1.54, 1.807) is 7.11 Å². The number of quaternary nitrogens is 1. The fourth-order valence-electron chi connectivity index (χ4n) is 4.94. The van der Waals surface area contributed by atoms with Crippen LogP contribution >= 0.6 is 11.6 Å². The molecule has 0 fully saturated rings. The third-order valence-electron chi connectivity index (χ3n) is 6.31. The maximum Gasteiger partial charge on any atom is 0.166 e. The molecule has 2 aliphatic heterocycles. The van der Waals surface area contributed by atoms with Crippen molar-refractivity contribution in [3.63, 3.8) is 0 Å². The van der Waals surface area contributed by atoms with E-state index in [1.165, 1.54) is 16.7 Å². The zero-order chi connectivity index (χ0) is 17.8. The molecule has 0 saturated carbocycles. The quantitative estimate of drug-likeness (QED) is 0.398. The Kier molecular flexibility index (Phi) is 5.24. The molecule has 2 heterocycles. The van der Waals surface area contributed by atoms with E-state index in [4.69, 9.17) is 21.1 Å². The molecule has 1 aliphatic carbocycles. The van der Waals surface area contributed by atoms with Crippen molar-refractivity contribution in [1.29, 1.82) is 0 Å². The normalized spacial score (nSPS) is 34.0. The molecule has 26 heavy (non-hydrogen) atoms. The van der Waals surface area contributed by atoms with Gasteiger partial charge in [0.25, 0.3) is 0 Å². The highest BCUT2D eigenvalue weighted by Gasteiger charge is 2.54. The van der Waals surface area contributed by atoms with Crippen molar-refractivity contribution in [2.75, 3.05) is 27.2 Å². The van der Waals surface area contributed by atoms with E-state index >= 15 is 0 Å². The maximum absolute atomic E-state index is 6.47. The Morgan fingerprint density at radius 1 is 1.50 bits per heavy atom. The number of likely N-dealkylation sites (N-methyl/N-ethyl adjacent to an activating group) is 1. The van der Waals surface area contributed by atoms with Gasteiger partial charge >= 0.3 is 0 Å². The molecule has 4 atom stereocenters. The number of hydrogen-bond acceptors (Lipinski definition) is 2. The summed E-state index contributed by atoms with van der Waals surface area (Å²) in [5.74, 6) is 1.79. The zero-order valence-corrected chi connectivity index (χ0v) is 18.1. The van der Waals surface area contributed by atoms with Crippen LogP contribution in [0.3, 0.4) is 0 Å². The molecular formula is C21H27BrClNO2. The van der Waals surface area contributed by atoms with E-state index in [0.717, 1.165) is 48.5 Å². The fourth-order valence-corrected chi connectivity index (χ4v) is 5.18. The maximum atomic E-state index is 6.47. The lowest BCUT2D eigenvalue weighted by molar-refractivity contribution is -0.917. The SMILES string of the molecule is C=CC[N+]1(C)CCC23C=C[C@H](Cl)CC2Oc2c(OC)cc(C)c(c23)C1.[Br-]. The van der Waals surface area contributed by atoms with Crippen molar-refractivity contribution < 1.29 is 30.9 Å². The summed E-state index contributed by atoms with van der Waals surface area (Å²) in [5, 5.41) is 0.0396. The van der Waals surface area contributed by atoms with Crippen molar-refractivity contribution in [2.45, 2.75) is 43.2 Å². The number of methoxy groups -OCH3 is 1. The summed E-state index contributed by atoms with van der Waals surface area (Å²) in [6.07, 6.45) is 8.55. The van der Waals surface area contributed by atoms with Crippen molar-refractivity contribution in [1.82, 2.24) is 0 Å². The number of benzene rings is 1. The van der Waals surface area contributed by atoms with Crippen LogP contribution in [0.25, 0.3) is 0 Å². The van der Waals surface area contributed by atoms with E-state index in [9.17, 15) is 0 Å². The Balaban J connectivity index is 0.00000196. The lowest BCUT2D eigenvalue weighted by atomic mass is 9.69. The van der Waals surface area contributed by atoms with Gasteiger partial charge in [-0.2, -0.15) is 0 Å². The van der Waals surface area contributed by atoms with Crippen LogP contribution in [0, 0.1) is 6.92 Å². The highest BCUT2D eigenvalue weighted by atomic mass is 79.9. The molecule has 0 radical (unpaired) electrons. The van der Waals surface area contributed by atoms with Gasteiger partial charge < -0.3 is 30.9 Å². The predicted molar refractivity (Wildman–Crippen MR) is 102 cm³/mol. The number of halogens is 2. The van der Waals surface area contributed by atoms with Gasteiger partial charge in [-0.25, -0.2) is 0 Å². The fraction of sp³-hybridized carbons (Fsp3) is 0.524. The molecule has 0 N–H and O–H groups in total. The first-order valence-electron chi connectivity index (χ1n) is 9.08. The average Bonchev–Trinajstić information content (AvgIpc) is 2.83. The molecule has 5 heteroatoms. The standard InChI is InChI=1S/C21H27ClNO2.BrH/c1-5-9-23(3)10-8-21-7-6-15(22)12-18(21)25-20-17(24-4)11-14(2)16(13-23)19(20)21;/h5-7,11,15,18H,1,8-10,12-13H2,2-4H3;1H/q+1;/p-1/t15-,18?,21?,23?;/m0./s1. The van der Waals surface area contributed by atoms with Crippen molar-refractivity contribution in [3.8, 4) is 11.5 Å². The van der Waals surface area contributed by atoms with Gasteiger partial charge in [0.05, 0.1) is 38.0 Å². The Hall–Kier alpha value is -0.970. The number of ether oxygens (including phenoxy) is 2. The summed E-state index contributed by atoms with van der Waals surface area (Å²) in [4.78, 5) is 0. The molecule has 0 aromatic heterocycles. The Bertz CT molecular complexity index is 765. The molecular weight excluding hydrogens is 414 g/mol. The second-order valence-electron chi connectivity index (χ2n) is 8.06. The van der Waals surface area contributed by atoms with Gasteiger partial charge in [0, 0.05) is 24.0 Å². The lowest BCUT2D eigenvalue weighted by Gasteiger charge is -2.37. The summed E-state index contributed by atoms with van der Waals surface area (Å²) >= 11 is 6.44. The van der Waals surface area contributed by atoms with Gasteiger partial charge in [0.15, 0.2) is 11.5 Å². The van der Waals surface area contributed by atoms with Crippen LogP contribution in [0.1, 0.15) is 29.5 Å². The number of allylic oxidation sites excluding steroid dienone is 1. The first-order chi connectivity index (χ1) is 11.9. The molecule has 3 aliphatic rings. The molecule has 4 rings (SSSR count). The molecule has 142 valence electrons. The predicted octanol–water partition coefficient (Wildman–Crippen LogP) is 1.11. The minimum atomic E-state index is -0.0768. The Morgan fingerprint density at radius 2 is 2.27 bits per heavy atom. The third-order valence-corrected chi connectivity index (χ3v) is 6.64. The molecule has 0 amide bonds. The van der Waals surface area contributed by atoms with Crippen LogP contribution in [0.4, 0.5) is 0 Å². The summed E-state index contributed by atoms with van der Waals surface area (Å²) in [5.41, 5.74) is 3.97. The summed E-state index contributed by atoms with van der Waals surface area (Å²) in [6, 6.07) is 2.13. The third kappa shape index (κ3) is 2.81. The van der Waals surface area contributed by atoms with Gasteiger partial charge in [0.2, 0.25) is 0 Å². The van der Waals surface area contributed by atoms with Gasteiger partial charge in [-0.15, -0.1) is 11.6 Å². The van der Waals surface area contributed by atoms with E-state index in [0.29, 0.717) is 0 Å². The van der Waals surface area contributed by atoms with E-state index < -0.39 is 0 Å². The van der Waals surface area contributed by atoms with Crippen LogP contribution in [0.5, 0.6) is 11.5 Å². The van der Waals surface area contributed by atoms with Crippen LogP contribution in [-0.2, 0) is 12.0 Å². The highest BCUT2D eigenvalue weighted by molar-refractivity contribution is 6.21. The van der Waals surface area contributed by atoms with Crippen LogP contribution < -0.4 is 26.5 Å². The molecule has 1 aromatic rings. The molecule has 3 unspecified atom stereocenters. The summed E-state index contributed by atoms with van der Waals surface area (Å²) in [6.45, 7) is 9.25. The number of rotatable bonds is 3. The minimum Gasteiger partial charge on any atom is -1.00 e. The molecule has 1 spiro atoms. The van der Waals surface area contributed by atoms with E-state index in [2.05, 4.69) is 38.8 Å². The highest BCUT2D eigenvalue weighted by Crippen LogP contribution is 2.57. The molecule has 3 nitrogen and oxygen atoms in total. The van der Waals surface area contributed by atoms with E-state index in [-0.39, 0.29) is 33.9 Å². The van der Waals surface area contributed by atoms with Crippen molar-refractivity contribution >= 4 is 11.6 Å². The minimum absolute atomic E-state index is 0. The topological polar surface area (TPSA) is 18.5 Å². The van der Waals surface area contributed by atoms with Crippen molar-refractivity contribution in [3.05, 3.63) is 47.6 Å². The average molecular weight is 441 g/mol. The Labute approximate surface area is 172 Å². The Morgan fingerprint density at radius 3 is 2.96 bits per heavy atom. The number of hydrogen-bond donors (Lipinski definition) is 0. The second kappa shape index (κ2) is 6.88. The molecule has 0 saturated heterocycles. The van der Waals surface area contributed by atoms with Crippen molar-refractivity contribution in [2.24, 2.45) is 0 Å². The first-order valence-corrected chi connectivity index (χ1v) is 9.51. The zero-order valence-electron chi connectivity index (χ0n) is 15.7. The van der Waals surface area contributed by atoms with Gasteiger partial charge in [-0.3, -0.25) is 0 Å². The summed E-state index contributed by atoms with van der Waals surface area (Å²) < 4.78 is 13.1. The van der Waals surface area contributed by atoms with Crippen LogP contribution in [0.15, 0.2) is 30.9 Å². The number of nitrogens with zero attached hydrogens (tertiary/aromatic N) is 1. The molecule has 0 bridgehead atoms. The number of aryl methyl sites for hydroxylation is 1. The monoisotopic (exact) mass is 439 g/mol. The van der Waals surface area contributed by atoms with Gasteiger partial charge in [0.1, 0.15) is 12.6 Å². The van der Waals surface area contributed by atoms with E-state index in [1.807, 2.05) is 6.08 Å². The van der Waals surface area contributed by atoms with Gasteiger partial charge in [-0.1, -0.05) is 18.7 Å². The largest absolute Gasteiger partial charge is 1.00 e. The number of alkyl halides is 1. The first kappa shape index (κ1) is 19.8. The van der Waals surface area contributed by atoms with Crippen LogP contribution in [-0.4, -0.2) is 43.2 Å². The second-order valence-corrected chi connectivity index (χ2v) is 8.62. The smallest absolute Gasteiger partial charge is 0.166 e. The lowest BCUT2D eigenvalue weighted by Crippen LogP contribution is -3.00. The molecule has 1 aromatic carbocycles. The van der Waals surface area contributed by atoms with Crippen LogP contribution in [0.2, 0.25) is 0 Å².